The van der Waals surface area contributed by atoms with Gasteiger partial charge in [0.05, 0.1) is 28.6 Å². The summed E-state index contributed by atoms with van der Waals surface area (Å²) < 4.78 is 15.1. The van der Waals surface area contributed by atoms with Crippen molar-refractivity contribution in [3.8, 4) is 22.4 Å². The van der Waals surface area contributed by atoms with E-state index in [0.717, 1.165) is 29.8 Å². The quantitative estimate of drug-likeness (QED) is 0.209. The molecule has 0 unspecified atom stereocenters. The monoisotopic (exact) mass is 564 g/mol. The first-order valence-electron chi connectivity index (χ1n) is 13.7. The zero-order valence-corrected chi connectivity index (χ0v) is 23.1. The van der Waals surface area contributed by atoms with Gasteiger partial charge in [0.1, 0.15) is 17.1 Å². The van der Waals surface area contributed by atoms with E-state index in [-0.39, 0.29) is 17.2 Å². The molecule has 0 bridgehead atoms. The molecule has 5 aromatic rings. The van der Waals surface area contributed by atoms with Gasteiger partial charge in [-0.05, 0) is 79.9 Å². The van der Waals surface area contributed by atoms with E-state index < -0.39 is 17.3 Å². The molecule has 2 aromatic carbocycles. The molecular weight excluding hydrogens is 535 g/mol. The summed E-state index contributed by atoms with van der Waals surface area (Å²) in [5, 5.41) is 19.9. The number of carbonyl (C=O) groups excluding carboxylic acids is 1. The van der Waals surface area contributed by atoms with Crippen LogP contribution >= 0.6 is 0 Å². The summed E-state index contributed by atoms with van der Waals surface area (Å²) in [7, 11) is 1.80. The Labute approximate surface area is 241 Å². The Hall–Kier alpha value is -5.09. The zero-order chi connectivity index (χ0) is 29.4. The van der Waals surface area contributed by atoms with Gasteiger partial charge in [-0.25, -0.2) is 19.1 Å². The number of carboxylic acid groups (broad SMARTS) is 1. The van der Waals surface area contributed by atoms with E-state index in [1.165, 1.54) is 28.8 Å². The van der Waals surface area contributed by atoms with Gasteiger partial charge in [-0.15, -0.1) is 0 Å². The summed E-state index contributed by atoms with van der Waals surface area (Å²) in [4.78, 5) is 30.4. The largest absolute Gasteiger partial charge is 0.478 e. The molecule has 10 heteroatoms. The molecule has 9 nitrogen and oxygen atoms in total. The number of aromatic carboxylic acids is 1. The summed E-state index contributed by atoms with van der Waals surface area (Å²) in [6, 6.07) is 20.3. The summed E-state index contributed by atoms with van der Waals surface area (Å²) in [5.41, 5.74) is 7.30. The van der Waals surface area contributed by atoms with Crippen LogP contribution in [0.25, 0.3) is 27.9 Å². The minimum atomic E-state index is -1.15. The van der Waals surface area contributed by atoms with E-state index in [0.29, 0.717) is 28.8 Å². The molecule has 0 radical (unpaired) electrons. The molecule has 3 heterocycles. The van der Waals surface area contributed by atoms with Crippen LogP contribution in [0.2, 0.25) is 0 Å². The molecule has 0 atom stereocenters. The number of amides is 1. The molecule has 0 aliphatic heterocycles. The number of hydrazine groups is 1. The molecule has 1 aliphatic carbocycles. The standard InChI is InChI=1S/C32H29FN6O3/c1-3-38(34-2)26-19-39-25(28(31(41)42)29(37-39)20-10-12-23(33)13-11-20)18-24(26)21-7-6-8-22(17-21)30(40)36-32(14-15-32)27-9-4-5-16-35-27/h4-13,16-19,34H,3,14-15H2,1-2H3,(H,36,40)(H,41,42). The van der Waals surface area contributed by atoms with Gasteiger partial charge in [0.25, 0.3) is 5.91 Å². The molecule has 6 rings (SSSR count). The number of anilines is 1. The van der Waals surface area contributed by atoms with E-state index in [1.807, 2.05) is 42.3 Å². The topological polar surface area (TPSA) is 112 Å². The van der Waals surface area contributed by atoms with Gasteiger partial charge < -0.3 is 15.4 Å². The number of fused-ring (bicyclic) bond motifs is 1. The van der Waals surface area contributed by atoms with Crippen LogP contribution in [0.1, 0.15) is 46.2 Å². The third-order valence-electron chi connectivity index (χ3n) is 7.65. The Bertz CT molecular complexity index is 1800. The van der Waals surface area contributed by atoms with Gasteiger partial charge in [-0.3, -0.25) is 9.78 Å². The maximum Gasteiger partial charge on any atom is 0.340 e. The highest BCUT2D eigenvalue weighted by Crippen LogP contribution is 2.44. The summed E-state index contributed by atoms with van der Waals surface area (Å²) in [6.07, 6.45) is 5.13. The highest BCUT2D eigenvalue weighted by atomic mass is 19.1. The van der Waals surface area contributed by atoms with E-state index >= 15 is 0 Å². The minimum Gasteiger partial charge on any atom is -0.478 e. The van der Waals surface area contributed by atoms with E-state index in [1.54, 1.807) is 37.6 Å². The molecule has 0 saturated heterocycles. The van der Waals surface area contributed by atoms with Crippen molar-refractivity contribution < 1.29 is 19.1 Å². The van der Waals surface area contributed by atoms with Crippen molar-refractivity contribution in [2.75, 3.05) is 18.6 Å². The average molecular weight is 565 g/mol. The van der Waals surface area contributed by atoms with Gasteiger partial charge in [-0.1, -0.05) is 18.2 Å². The summed E-state index contributed by atoms with van der Waals surface area (Å²) in [5.74, 6) is -1.78. The second-order valence-corrected chi connectivity index (χ2v) is 10.2. The molecule has 1 saturated carbocycles. The van der Waals surface area contributed by atoms with Crippen LogP contribution in [0.3, 0.4) is 0 Å². The van der Waals surface area contributed by atoms with Gasteiger partial charge in [-0.2, -0.15) is 5.10 Å². The van der Waals surface area contributed by atoms with Crippen LogP contribution < -0.4 is 15.8 Å². The second kappa shape index (κ2) is 10.7. The molecular formula is C32H29FN6O3. The van der Waals surface area contributed by atoms with Crippen LogP contribution in [0.4, 0.5) is 10.1 Å². The van der Waals surface area contributed by atoms with Crippen LogP contribution in [0, 0.1) is 5.82 Å². The van der Waals surface area contributed by atoms with Crippen molar-refractivity contribution in [3.63, 3.8) is 0 Å². The van der Waals surface area contributed by atoms with Crippen LogP contribution in [-0.2, 0) is 5.54 Å². The molecule has 1 amide bonds. The maximum absolute atomic E-state index is 13.6. The van der Waals surface area contributed by atoms with Crippen molar-refractivity contribution in [2.45, 2.75) is 25.3 Å². The number of rotatable bonds is 9. The Morgan fingerprint density at radius 1 is 1.05 bits per heavy atom. The number of aromatic nitrogens is 3. The number of carboxylic acids is 1. The number of hydrogen-bond acceptors (Lipinski definition) is 6. The zero-order valence-electron chi connectivity index (χ0n) is 23.1. The fourth-order valence-electron chi connectivity index (χ4n) is 5.33. The minimum absolute atomic E-state index is 0.00171. The van der Waals surface area contributed by atoms with Gasteiger partial charge in [0.15, 0.2) is 0 Å². The van der Waals surface area contributed by atoms with Gasteiger partial charge >= 0.3 is 5.97 Å². The van der Waals surface area contributed by atoms with Crippen molar-refractivity contribution in [2.24, 2.45) is 0 Å². The first kappa shape index (κ1) is 27.1. The highest BCUT2D eigenvalue weighted by molar-refractivity contribution is 6.04. The number of nitrogens with one attached hydrogen (secondary N) is 2. The van der Waals surface area contributed by atoms with Gasteiger partial charge in [0, 0.05) is 36.5 Å². The van der Waals surface area contributed by atoms with Crippen LogP contribution in [-0.4, -0.2) is 45.2 Å². The Morgan fingerprint density at radius 2 is 1.83 bits per heavy atom. The number of pyridine rings is 2. The third kappa shape index (κ3) is 4.86. The lowest BCUT2D eigenvalue weighted by atomic mass is 9.99. The maximum atomic E-state index is 13.6. The fourth-order valence-corrected chi connectivity index (χ4v) is 5.33. The Balaban J connectivity index is 1.46. The predicted octanol–water partition coefficient (Wildman–Crippen LogP) is 5.28. The fraction of sp³-hybridized carbons (Fsp3) is 0.188. The SMILES string of the molecule is CCN(NC)c1cn2nc(-c3ccc(F)cc3)c(C(=O)O)c2cc1-c1cccc(C(=O)NC2(c3ccccn3)CC2)c1. The van der Waals surface area contributed by atoms with Gasteiger partial charge in [0.2, 0.25) is 0 Å². The summed E-state index contributed by atoms with van der Waals surface area (Å²) in [6.45, 7) is 2.58. The van der Waals surface area contributed by atoms with Crippen LogP contribution in [0.5, 0.6) is 0 Å². The number of nitrogens with zero attached hydrogens (tertiary/aromatic N) is 4. The number of hydrogen-bond donors (Lipinski definition) is 3. The summed E-state index contributed by atoms with van der Waals surface area (Å²) >= 11 is 0. The lowest BCUT2D eigenvalue weighted by molar-refractivity contribution is 0.0699. The van der Waals surface area contributed by atoms with Crippen molar-refractivity contribution in [3.05, 3.63) is 108 Å². The molecule has 1 fully saturated rings. The lowest BCUT2D eigenvalue weighted by Crippen LogP contribution is -2.35. The van der Waals surface area contributed by atoms with Crippen molar-refractivity contribution in [1.82, 2.24) is 25.3 Å². The third-order valence-corrected chi connectivity index (χ3v) is 7.65. The van der Waals surface area contributed by atoms with E-state index in [9.17, 15) is 19.1 Å². The normalized spacial score (nSPS) is 13.6. The molecule has 212 valence electrons. The number of halogens is 1. The lowest BCUT2D eigenvalue weighted by Gasteiger charge is -2.25. The van der Waals surface area contributed by atoms with E-state index in [2.05, 4.69) is 20.8 Å². The smallest absolute Gasteiger partial charge is 0.340 e. The molecule has 42 heavy (non-hydrogen) atoms. The van der Waals surface area contributed by atoms with Crippen molar-refractivity contribution in [1.29, 1.82) is 0 Å². The number of benzene rings is 2. The first-order chi connectivity index (χ1) is 20.3. The molecule has 3 N–H and O–H groups in total. The Kier molecular flexibility index (Phi) is 6.91. The highest BCUT2D eigenvalue weighted by Gasteiger charge is 2.47. The first-order valence-corrected chi connectivity index (χ1v) is 13.7. The Morgan fingerprint density at radius 3 is 2.48 bits per heavy atom. The van der Waals surface area contributed by atoms with Crippen LogP contribution in [0.15, 0.2) is 85.2 Å². The molecule has 1 aliphatic rings. The van der Waals surface area contributed by atoms with E-state index in [4.69, 9.17) is 0 Å². The average Bonchev–Trinajstić information content (AvgIpc) is 3.69. The predicted molar refractivity (Wildman–Crippen MR) is 158 cm³/mol. The second-order valence-electron chi connectivity index (χ2n) is 10.2. The molecule has 3 aromatic heterocycles. The number of carbonyl (C=O) groups is 2. The van der Waals surface area contributed by atoms with Crippen molar-refractivity contribution >= 4 is 23.1 Å². The molecule has 0 spiro atoms.